The smallest absolute Gasteiger partial charge is 0.147 e. The Morgan fingerprint density at radius 3 is 2.62 bits per heavy atom. The Kier molecular flexibility index (Phi) is 5.12. The minimum absolute atomic E-state index is 0.307. The number of hydrogen-bond donors (Lipinski definition) is 0. The SMILES string of the molecule is CC1CCN(c2ccc(C#N)cc2F)CCN1Cc1ccccc1. The van der Waals surface area contributed by atoms with Gasteiger partial charge >= 0.3 is 0 Å². The Balaban J connectivity index is 1.71. The van der Waals surface area contributed by atoms with Gasteiger partial charge in [0, 0.05) is 32.2 Å². The summed E-state index contributed by atoms with van der Waals surface area (Å²) in [5, 5.41) is 8.88. The van der Waals surface area contributed by atoms with Gasteiger partial charge in [-0.1, -0.05) is 30.3 Å². The molecule has 3 nitrogen and oxygen atoms in total. The van der Waals surface area contributed by atoms with E-state index >= 15 is 0 Å². The molecule has 2 aromatic rings. The molecular weight excluding hydrogens is 301 g/mol. The average Bonchev–Trinajstić information content (AvgIpc) is 2.78. The number of benzene rings is 2. The quantitative estimate of drug-likeness (QED) is 0.861. The van der Waals surface area contributed by atoms with E-state index in [0.29, 0.717) is 17.3 Å². The van der Waals surface area contributed by atoms with Crippen LogP contribution in [0.3, 0.4) is 0 Å². The van der Waals surface area contributed by atoms with Crippen molar-refractivity contribution in [1.29, 1.82) is 5.26 Å². The first-order chi connectivity index (χ1) is 11.7. The zero-order valence-corrected chi connectivity index (χ0v) is 14.0. The van der Waals surface area contributed by atoms with E-state index in [1.807, 2.05) is 12.1 Å². The Hall–Kier alpha value is -2.38. The molecule has 3 rings (SSSR count). The second kappa shape index (κ2) is 7.46. The van der Waals surface area contributed by atoms with Gasteiger partial charge in [-0.15, -0.1) is 0 Å². The van der Waals surface area contributed by atoms with Gasteiger partial charge in [-0.2, -0.15) is 5.26 Å². The highest BCUT2D eigenvalue weighted by Crippen LogP contribution is 2.24. The molecule has 24 heavy (non-hydrogen) atoms. The van der Waals surface area contributed by atoms with Gasteiger partial charge in [0.2, 0.25) is 0 Å². The molecule has 0 amide bonds. The van der Waals surface area contributed by atoms with Crippen molar-refractivity contribution in [2.45, 2.75) is 25.9 Å². The number of anilines is 1. The van der Waals surface area contributed by atoms with E-state index < -0.39 is 0 Å². The van der Waals surface area contributed by atoms with Gasteiger partial charge in [-0.05, 0) is 37.1 Å². The maximum absolute atomic E-state index is 14.3. The molecule has 0 radical (unpaired) electrons. The molecule has 0 saturated carbocycles. The molecule has 0 spiro atoms. The monoisotopic (exact) mass is 323 g/mol. The first-order valence-electron chi connectivity index (χ1n) is 8.40. The molecule has 1 heterocycles. The maximum Gasteiger partial charge on any atom is 0.147 e. The van der Waals surface area contributed by atoms with Crippen molar-refractivity contribution in [2.75, 3.05) is 24.5 Å². The Bertz CT molecular complexity index is 723. The summed E-state index contributed by atoms with van der Waals surface area (Å²) in [6.07, 6.45) is 0.992. The molecule has 1 saturated heterocycles. The molecule has 0 bridgehead atoms. The Morgan fingerprint density at radius 2 is 1.92 bits per heavy atom. The van der Waals surface area contributed by atoms with Gasteiger partial charge in [0.1, 0.15) is 5.82 Å². The van der Waals surface area contributed by atoms with Crippen molar-refractivity contribution in [2.24, 2.45) is 0 Å². The summed E-state index contributed by atoms with van der Waals surface area (Å²) in [6, 6.07) is 17.6. The van der Waals surface area contributed by atoms with Gasteiger partial charge < -0.3 is 4.90 Å². The first-order valence-corrected chi connectivity index (χ1v) is 8.40. The normalized spacial score (nSPS) is 18.9. The summed E-state index contributed by atoms with van der Waals surface area (Å²) in [5.41, 5.74) is 2.27. The van der Waals surface area contributed by atoms with Gasteiger partial charge in [-0.25, -0.2) is 4.39 Å². The lowest BCUT2D eigenvalue weighted by atomic mass is 10.1. The van der Waals surface area contributed by atoms with Crippen molar-refractivity contribution < 1.29 is 4.39 Å². The number of nitriles is 1. The minimum Gasteiger partial charge on any atom is -0.368 e. The van der Waals surface area contributed by atoms with E-state index in [1.165, 1.54) is 11.6 Å². The van der Waals surface area contributed by atoms with Crippen LogP contribution in [0.15, 0.2) is 48.5 Å². The summed E-state index contributed by atoms with van der Waals surface area (Å²) in [7, 11) is 0. The van der Waals surface area contributed by atoms with Crippen LogP contribution in [0.2, 0.25) is 0 Å². The second-order valence-corrected chi connectivity index (χ2v) is 6.36. The fourth-order valence-corrected chi connectivity index (χ4v) is 3.23. The summed E-state index contributed by atoms with van der Waals surface area (Å²) in [5.74, 6) is -0.307. The van der Waals surface area contributed by atoms with E-state index in [4.69, 9.17) is 5.26 Å². The standard InChI is InChI=1S/C20H22FN3/c1-16-9-10-23(20-8-7-18(14-22)13-19(20)21)11-12-24(16)15-17-5-3-2-4-6-17/h2-8,13,16H,9-12,15H2,1H3. The van der Waals surface area contributed by atoms with Crippen LogP contribution in [-0.4, -0.2) is 30.6 Å². The lowest BCUT2D eigenvalue weighted by Gasteiger charge is -2.26. The molecule has 124 valence electrons. The third-order valence-corrected chi connectivity index (χ3v) is 4.74. The third-order valence-electron chi connectivity index (χ3n) is 4.74. The highest BCUT2D eigenvalue weighted by Gasteiger charge is 2.22. The summed E-state index contributed by atoms with van der Waals surface area (Å²) in [6.45, 7) is 5.68. The van der Waals surface area contributed by atoms with Gasteiger partial charge in [0.25, 0.3) is 0 Å². The molecule has 4 heteroatoms. The second-order valence-electron chi connectivity index (χ2n) is 6.36. The summed E-state index contributed by atoms with van der Waals surface area (Å²) < 4.78 is 14.3. The molecule has 1 aliphatic rings. The molecule has 1 unspecified atom stereocenters. The topological polar surface area (TPSA) is 30.3 Å². The lowest BCUT2D eigenvalue weighted by Crippen LogP contribution is -2.34. The summed E-state index contributed by atoms with van der Waals surface area (Å²) in [4.78, 5) is 4.55. The predicted molar refractivity (Wildman–Crippen MR) is 94.3 cm³/mol. The molecule has 1 aliphatic heterocycles. The molecule has 1 atom stereocenters. The van der Waals surface area contributed by atoms with Crippen LogP contribution in [0.4, 0.5) is 10.1 Å². The molecule has 0 N–H and O–H groups in total. The van der Waals surface area contributed by atoms with E-state index in [0.717, 1.165) is 32.6 Å². The van der Waals surface area contributed by atoms with Crippen LogP contribution in [0.5, 0.6) is 0 Å². The molecule has 1 fully saturated rings. The van der Waals surface area contributed by atoms with Crippen LogP contribution < -0.4 is 4.90 Å². The Morgan fingerprint density at radius 1 is 1.12 bits per heavy atom. The predicted octanol–water partition coefficient (Wildman–Crippen LogP) is 3.80. The highest BCUT2D eigenvalue weighted by atomic mass is 19.1. The van der Waals surface area contributed by atoms with Crippen LogP contribution in [0.1, 0.15) is 24.5 Å². The van der Waals surface area contributed by atoms with Crippen molar-refractivity contribution >= 4 is 5.69 Å². The van der Waals surface area contributed by atoms with E-state index in [9.17, 15) is 4.39 Å². The van der Waals surface area contributed by atoms with Crippen molar-refractivity contribution in [3.05, 3.63) is 65.5 Å². The molecule has 2 aromatic carbocycles. The third kappa shape index (κ3) is 3.74. The lowest BCUT2D eigenvalue weighted by molar-refractivity contribution is 0.212. The fourth-order valence-electron chi connectivity index (χ4n) is 3.23. The molecule has 0 aliphatic carbocycles. The van der Waals surface area contributed by atoms with E-state index in [1.54, 1.807) is 12.1 Å². The number of nitrogens with zero attached hydrogens (tertiary/aromatic N) is 3. The molecular formula is C20H22FN3. The van der Waals surface area contributed by atoms with Gasteiger partial charge in [0.05, 0.1) is 17.3 Å². The molecule has 0 aromatic heterocycles. The zero-order chi connectivity index (χ0) is 16.9. The van der Waals surface area contributed by atoms with Crippen molar-refractivity contribution in [3.8, 4) is 6.07 Å². The summed E-state index contributed by atoms with van der Waals surface area (Å²) >= 11 is 0. The number of hydrogen-bond acceptors (Lipinski definition) is 3. The van der Waals surface area contributed by atoms with Crippen LogP contribution in [0, 0.1) is 17.1 Å². The zero-order valence-electron chi connectivity index (χ0n) is 14.0. The highest BCUT2D eigenvalue weighted by molar-refractivity contribution is 5.51. The largest absolute Gasteiger partial charge is 0.368 e. The van der Waals surface area contributed by atoms with Crippen LogP contribution in [-0.2, 0) is 6.54 Å². The van der Waals surface area contributed by atoms with Crippen LogP contribution >= 0.6 is 0 Å². The fraction of sp³-hybridized carbons (Fsp3) is 0.350. The van der Waals surface area contributed by atoms with Gasteiger partial charge in [-0.3, -0.25) is 4.90 Å². The van der Waals surface area contributed by atoms with E-state index in [2.05, 4.69) is 41.0 Å². The average molecular weight is 323 g/mol. The van der Waals surface area contributed by atoms with Crippen molar-refractivity contribution in [3.63, 3.8) is 0 Å². The Labute approximate surface area is 142 Å². The van der Waals surface area contributed by atoms with Crippen molar-refractivity contribution in [1.82, 2.24) is 4.90 Å². The van der Waals surface area contributed by atoms with E-state index in [-0.39, 0.29) is 5.82 Å². The number of rotatable bonds is 3. The maximum atomic E-state index is 14.3. The van der Waals surface area contributed by atoms with Crippen LogP contribution in [0.25, 0.3) is 0 Å². The number of halogens is 1. The van der Waals surface area contributed by atoms with Gasteiger partial charge in [0.15, 0.2) is 0 Å². The minimum atomic E-state index is -0.307. The first kappa shape index (κ1) is 16.5.